The van der Waals surface area contributed by atoms with Crippen LogP contribution in [0.15, 0.2) is 24.5 Å². The second-order valence-corrected chi connectivity index (χ2v) is 5.24. The maximum Gasteiger partial charge on any atom is 0.0315 e. The summed E-state index contributed by atoms with van der Waals surface area (Å²) in [6, 6.07) is 5.24. The Labute approximate surface area is 95.9 Å². The van der Waals surface area contributed by atoms with Crippen molar-refractivity contribution in [2.24, 2.45) is 0 Å². The van der Waals surface area contributed by atoms with Crippen LogP contribution in [0, 0.1) is 0 Å². The Hall–Kier alpha value is -0.540. The van der Waals surface area contributed by atoms with Gasteiger partial charge in [0.2, 0.25) is 0 Å². The molecule has 0 radical (unpaired) electrons. The van der Waals surface area contributed by atoms with Gasteiger partial charge in [0, 0.05) is 30.2 Å². The molecule has 1 aliphatic heterocycles. The Kier molecular flexibility index (Phi) is 4.03. The van der Waals surface area contributed by atoms with Crippen LogP contribution in [0.5, 0.6) is 0 Å². The van der Waals surface area contributed by atoms with Gasteiger partial charge in [-0.05, 0) is 37.1 Å². The molecular weight excluding hydrogens is 204 g/mol. The molecule has 0 saturated carbocycles. The number of nitrogens with one attached hydrogen (secondary N) is 1. The molecule has 2 nitrogen and oxygen atoms in total. The maximum absolute atomic E-state index is 4.15. The van der Waals surface area contributed by atoms with Gasteiger partial charge in [0.05, 0.1) is 0 Å². The zero-order valence-electron chi connectivity index (χ0n) is 9.15. The minimum absolute atomic E-state index is 0.419. The molecule has 2 heterocycles. The van der Waals surface area contributed by atoms with Crippen LogP contribution in [0.2, 0.25) is 0 Å². The molecule has 1 unspecified atom stereocenters. The molecule has 3 heteroatoms. The standard InChI is InChI=1S/C12H18N2S/c1-10(11-4-2-6-13-8-11)14-12-5-3-7-15-9-12/h2,4,6,8,10,12,14H,3,5,7,9H2,1H3/t10-,12?/m1/s1. The summed E-state index contributed by atoms with van der Waals surface area (Å²) in [5.74, 6) is 2.59. The molecular formula is C12H18N2S. The van der Waals surface area contributed by atoms with Crippen molar-refractivity contribution in [2.45, 2.75) is 31.8 Å². The predicted octanol–water partition coefficient (Wildman–Crippen LogP) is 2.63. The Bertz CT molecular complexity index is 283. The molecule has 0 spiro atoms. The van der Waals surface area contributed by atoms with Crippen molar-refractivity contribution in [1.82, 2.24) is 10.3 Å². The van der Waals surface area contributed by atoms with E-state index < -0.39 is 0 Å². The smallest absolute Gasteiger partial charge is 0.0315 e. The van der Waals surface area contributed by atoms with Crippen molar-refractivity contribution in [3.8, 4) is 0 Å². The molecule has 2 atom stereocenters. The van der Waals surface area contributed by atoms with Crippen LogP contribution in [0.25, 0.3) is 0 Å². The van der Waals surface area contributed by atoms with E-state index in [-0.39, 0.29) is 0 Å². The Morgan fingerprint density at radius 1 is 1.60 bits per heavy atom. The SMILES string of the molecule is C[C@@H](NC1CCCSC1)c1cccnc1. The molecule has 1 N–H and O–H groups in total. The zero-order valence-corrected chi connectivity index (χ0v) is 9.96. The van der Waals surface area contributed by atoms with Gasteiger partial charge in [-0.25, -0.2) is 0 Å². The summed E-state index contributed by atoms with van der Waals surface area (Å²) < 4.78 is 0. The fraction of sp³-hybridized carbons (Fsp3) is 0.583. The highest BCUT2D eigenvalue weighted by Gasteiger charge is 2.16. The highest BCUT2D eigenvalue weighted by atomic mass is 32.2. The van der Waals surface area contributed by atoms with Crippen LogP contribution in [0.3, 0.4) is 0 Å². The molecule has 0 amide bonds. The minimum atomic E-state index is 0.419. The summed E-state index contributed by atoms with van der Waals surface area (Å²) in [5, 5.41) is 3.67. The van der Waals surface area contributed by atoms with E-state index in [1.165, 1.54) is 29.9 Å². The number of nitrogens with zero attached hydrogens (tertiary/aromatic N) is 1. The summed E-state index contributed by atoms with van der Waals surface area (Å²) in [6.07, 6.45) is 6.44. The Morgan fingerprint density at radius 3 is 3.20 bits per heavy atom. The van der Waals surface area contributed by atoms with Gasteiger partial charge in [-0.3, -0.25) is 4.98 Å². The lowest BCUT2D eigenvalue weighted by atomic mass is 10.1. The second-order valence-electron chi connectivity index (χ2n) is 4.09. The molecule has 1 aromatic rings. The lowest BCUT2D eigenvalue weighted by Crippen LogP contribution is -2.35. The van der Waals surface area contributed by atoms with E-state index in [0.29, 0.717) is 12.1 Å². The summed E-state index contributed by atoms with van der Waals surface area (Å²) >= 11 is 2.06. The molecule has 2 rings (SSSR count). The zero-order chi connectivity index (χ0) is 10.5. The van der Waals surface area contributed by atoms with E-state index in [0.717, 1.165) is 0 Å². The number of aromatic nitrogens is 1. The average Bonchev–Trinajstić information content (AvgIpc) is 2.31. The van der Waals surface area contributed by atoms with Gasteiger partial charge in [0.25, 0.3) is 0 Å². The van der Waals surface area contributed by atoms with E-state index in [1.807, 2.05) is 18.5 Å². The minimum Gasteiger partial charge on any atom is -0.307 e. The largest absolute Gasteiger partial charge is 0.307 e. The van der Waals surface area contributed by atoms with Gasteiger partial charge in [-0.15, -0.1) is 0 Å². The monoisotopic (exact) mass is 222 g/mol. The van der Waals surface area contributed by atoms with Crippen LogP contribution in [-0.4, -0.2) is 22.5 Å². The Balaban J connectivity index is 1.88. The molecule has 1 fully saturated rings. The molecule has 0 aliphatic carbocycles. The fourth-order valence-corrected chi connectivity index (χ4v) is 3.04. The third-order valence-electron chi connectivity index (χ3n) is 2.83. The lowest BCUT2D eigenvalue weighted by molar-refractivity contribution is 0.452. The van der Waals surface area contributed by atoms with Gasteiger partial charge >= 0.3 is 0 Å². The number of rotatable bonds is 3. The van der Waals surface area contributed by atoms with Crippen molar-refractivity contribution < 1.29 is 0 Å². The number of hydrogen-bond donors (Lipinski definition) is 1. The summed E-state index contributed by atoms with van der Waals surface area (Å²) in [4.78, 5) is 4.15. The summed E-state index contributed by atoms with van der Waals surface area (Å²) in [6.45, 7) is 2.22. The maximum atomic E-state index is 4.15. The molecule has 1 saturated heterocycles. The first-order valence-electron chi connectivity index (χ1n) is 5.60. The lowest BCUT2D eigenvalue weighted by Gasteiger charge is -2.26. The normalized spacial score (nSPS) is 23.7. The highest BCUT2D eigenvalue weighted by molar-refractivity contribution is 7.99. The van der Waals surface area contributed by atoms with Gasteiger partial charge in [0.15, 0.2) is 0 Å². The van der Waals surface area contributed by atoms with E-state index >= 15 is 0 Å². The van der Waals surface area contributed by atoms with Crippen LogP contribution >= 0.6 is 11.8 Å². The molecule has 0 aromatic carbocycles. The highest BCUT2D eigenvalue weighted by Crippen LogP contribution is 2.20. The average molecular weight is 222 g/mol. The van der Waals surface area contributed by atoms with E-state index in [2.05, 4.69) is 35.1 Å². The van der Waals surface area contributed by atoms with Crippen molar-refractivity contribution in [3.05, 3.63) is 30.1 Å². The van der Waals surface area contributed by atoms with Crippen LogP contribution < -0.4 is 5.32 Å². The molecule has 15 heavy (non-hydrogen) atoms. The van der Waals surface area contributed by atoms with Gasteiger partial charge in [-0.2, -0.15) is 11.8 Å². The van der Waals surface area contributed by atoms with Crippen LogP contribution in [0.4, 0.5) is 0 Å². The Morgan fingerprint density at radius 2 is 2.53 bits per heavy atom. The van der Waals surface area contributed by atoms with E-state index in [4.69, 9.17) is 0 Å². The summed E-state index contributed by atoms with van der Waals surface area (Å²) in [5.41, 5.74) is 1.29. The quantitative estimate of drug-likeness (QED) is 0.851. The van der Waals surface area contributed by atoms with Crippen molar-refractivity contribution in [2.75, 3.05) is 11.5 Å². The van der Waals surface area contributed by atoms with Crippen LogP contribution in [-0.2, 0) is 0 Å². The number of thioether (sulfide) groups is 1. The second kappa shape index (κ2) is 5.52. The van der Waals surface area contributed by atoms with Crippen LogP contribution in [0.1, 0.15) is 31.4 Å². The predicted molar refractivity (Wildman–Crippen MR) is 66.1 cm³/mol. The molecule has 82 valence electrons. The van der Waals surface area contributed by atoms with E-state index in [1.54, 1.807) is 0 Å². The topological polar surface area (TPSA) is 24.9 Å². The number of pyridine rings is 1. The van der Waals surface area contributed by atoms with Crippen molar-refractivity contribution in [3.63, 3.8) is 0 Å². The first-order chi connectivity index (χ1) is 7.36. The fourth-order valence-electron chi connectivity index (χ4n) is 1.95. The van der Waals surface area contributed by atoms with Gasteiger partial charge < -0.3 is 5.32 Å². The third-order valence-corrected chi connectivity index (χ3v) is 4.05. The first kappa shape index (κ1) is 11.0. The molecule has 1 aromatic heterocycles. The van der Waals surface area contributed by atoms with Crippen molar-refractivity contribution >= 4 is 11.8 Å². The van der Waals surface area contributed by atoms with Gasteiger partial charge in [-0.1, -0.05) is 6.07 Å². The third kappa shape index (κ3) is 3.21. The van der Waals surface area contributed by atoms with Crippen molar-refractivity contribution in [1.29, 1.82) is 0 Å². The summed E-state index contributed by atoms with van der Waals surface area (Å²) in [7, 11) is 0. The molecule has 0 bridgehead atoms. The first-order valence-corrected chi connectivity index (χ1v) is 6.75. The number of hydrogen-bond acceptors (Lipinski definition) is 3. The van der Waals surface area contributed by atoms with Gasteiger partial charge in [0.1, 0.15) is 0 Å². The molecule has 1 aliphatic rings. The van der Waals surface area contributed by atoms with E-state index in [9.17, 15) is 0 Å².